The van der Waals surface area contributed by atoms with E-state index in [1.807, 2.05) is 48.5 Å². The first-order valence-electron chi connectivity index (χ1n) is 14.4. The van der Waals surface area contributed by atoms with Crippen LogP contribution in [0.3, 0.4) is 0 Å². The molecule has 0 saturated heterocycles. The predicted molar refractivity (Wildman–Crippen MR) is 168 cm³/mol. The molecule has 0 unspecified atom stereocenters. The molecule has 0 bridgehead atoms. The fourth-order valence-electron chi connectivity index (χ4n) is 5.60. The SMILES string of the molecule is COc1ccc(/C=C2/CCC[C@@H]3C2=NN(C(=O)COC(=O)/C=C/c2ccc(OC)cc2OC)[C@@H]3c2ccc(OC)cc2)cc1. The number of hydrogen-bond donors (Lipinski definition) is 0. The molecule has 44 heavy (non-hydrogen) atoms. The van der Waals surface area contributed by atoms with Gasteiger partial charge in [-0.05, 0) is 84.5 Å². The largest absolute Gasteiger partial charge is 0.497 e. The van der Waals surface area contributed by atoms with Crippen LogP contribution in [0, 0.1) is 5.92 Å². The Morgan fingerprint density at radius 1 is 0.864 bits per heavy atom. The monoisotopic (exact) mass is 596 g/mol. The van der Waals surface area contributed by atoms with Crippen LogP contribution in [0.1, 0.15) is 42.0 Å². The Morgan fingerprint density at radius 3 is 2.18 bits per heavy atom. The molecule has 2 aliphatic rings. The van der Waals surface area contributed by atoms with Crippen LogP contribution in [0.5, 0.6) is 23.0 Å². The summed E-state index contributed by atoms with van der Waals surface area (Å²) < 4.78 is 26.6. The zero-order valence-electron chi connectivity index (χ0n) is 25.3. The number of amides is 1. The number of hydrogen-bond acceptors (Lipinski definition) is 8. The van der Waals surface area contributed by atoms with E-state index in [-0.39, 0.29) is 12.0 Å². The molecule has 9 nitrogen and oxygen atoms in total. The van der Waals surface area contributed by atoms with E-state index in [1.54, 1.807) is 45.6 Å². The average Bonchev–Trinajstić information content (AvgIpc) is 3.47. The van der Waals surface area contributed by atoms with Gasteiger partial charge in [0, 0.05) is 23.6 Å². The average molecular weight is 597 g/mol. The Morgan fingerprint density at radius 2 is 1.52 bits per heavy atom. The summed E-state index contributed by atoms with van der Waals surface area (Å²) >= 11 is 0. The van der Waals surface area contributed by atoms with E-state index in [0.29, 0.717) is 17.1 Å². The van der Waals surface area contributed by atoms with E-state index in [4.69, 9.17) is 28.8 Å². The molecule has 1 fully saturated rings. The van der Waals surface area contributed by atoms with Crippen LogP contribution < -0.4 is 18.9 Å². The van der Waals surface area contributed by atoms with Crippen molar-refractivity contribution in [3.8, 4) is 23.0 Å². The smallest absolute Gasteiger partial charge is 0.331 e. The molecule has 3 aromatic rings. The van der Waals surface area contributed by atoms with Crippen molar-refractivity contribution in [2.24, 2.45) is 11.0 Å². The normalized spacial score (nSPS) is 18.5. The molecular formula is C35H36N2O7. The van der Waals surface area contributed by atoms with E-state index >= 15 is 0 Å². The fourth-order valence-corrected chi connectivity index (χ4v) is 5.60. The lowest BCUT2D eigenvalue weighted by molar-refractivity contribution is -0.149. The minimum Gasteiger partial charge on any atom is -0.497 e. The number of ether oxygens (including phenoxy) is 5. The second-order valence-corrected chi connectivity index (χ2v) is 10.4. The first-order chi connectivity index (χ1) is 21.4. The number of allylic oxidation sites excluding steroid dienone is 1. The molecule has 1 heterocycles. The Bertz CT molecular complexity index is 1580. The lowest BCUT2D eigenvalue weighted by Gasteiger charge is -2.29. The maximum Gasteiger partial charge on any atom is 0.331 e. The highest BCUT2D eigenvalue weighted by Gasteiger charge is 2.43. The number of methoxy groups -OCH3 is 4. The molecule has 1 aliphatic heterocycles. The van der Waals surface area contributed by atoms with E-state index in [0.717, 1.165) is 53.2 Å². The highest BCUT2D eigenvalue weighted by Crippen LogP contribution is 2.44. The number of benzene rings is 3. The molecule has 1 saturated carbocycles. The van der Waals surface area contributed by atoms with Crippen molar-refractivity contribution in [1.29, 1.82) is 0 Å². The molecule has 1 aliphatic carbocycles. The first-order valence-corrected chi connectivity index (χ1v) is 14.4. The highest BCUT2D eigenvalue weighted by molar-refractivity contribution is 6.08. The van der Waals surface area contributed by atoms with Gasteiger partial charge in [-0.1, -0.05) is 24.3 Å². The maximum atomic E-state index is 13.6. The number of fused-ring (bicyclic) bond motifs is 1. The second kappa shape index (κ2) is 13.9. The Labute approximate surface area is 257 Å². The summed E-state index contributed by atoms with van der Waals surface area (Å²) in [4.78, 5) is 26.2. The van der Waals surface area contributed by atoms with Gasteiger partial charge in [0.1, 0.15) is 23.0 Å². The zero-order chi connectivity index (χ0) is 31.1. The molecule has 0 aromatic heterocycles. The number of carbonyl (C=O) groups excluding carboxylic acids is 2. The van der Waals surface area contributed by atoms with Gasteiger partial charge in [0.25, 0.3) is 5.91 Å². The molecule has 3 aromatic carbocycles. The van der Waals surface area contributed by atoms with Crippen molar-refractivity contribution in [3.63, 3.8) is 0 Å². The van der Waals surface area contributed by atoms with Gasteiger partial charge in [-0.2, -0.15) is 5.10 Å². The zero-order valence-corrected chi connectivity index (χ0v) is 25.3. The molecule has 1 amide bonds. The molecule has 0 spiro atoms. The van der Waals surface area contributed by atoms with Gasteiger partial charge in [0.05, 0.1) is 40.2 Å². The van der Waals surface area contributed by atoms with E-state index in [9.17, 15) is 9.59 Å². The summed E-state index contributed by atoms with van der Waals surface area (Å²) in [6, 6.07) is 20.5. The summed E-state index contributed by atoms with van der Waals surface area (Å²) in [6.07, 6.45) is 7.67. The van der Waals surface area contributed by atoms with Crippen LogP contribution >= 0.6 is 0 Å². The van der Waals surface area contributed by atoms with Gasteiger partial charge < -0.3 is 23.7 Å². The van der Waals surface area contributed by atoms with Crippen LogP contribution in [0.25, 0.3) is 12.2 Å². The number of esters is 1. The van der Waals surface area contributed by atoms with Crippen LogP contribution in [0.2, 0.25) is 0 Å². The molecule has 2 atom stereocenters. The maximum absolute atomic E-state index is 13.6. The number of nitrogens with zero attached hydrogens (tertiary/aromatic N) is 2. The third-order valence-corrected chi connectivity index (χ3v) is 7.85. The Balaban J connectivity index is 1.36. The summed E-state index contributed by atoms with van der Waals surface area (Å²) in [5.74, 6) is 1.64. The summed E-state index contributed by atoms with van der Waals surface area (Å²) in [7, 11) is 6.36. The van der Waals surface area contributed by atoms with Gasteiger partial charge in [-0.15, -0.1) is 0 Å². The third-order valence-electron chi connectivity index (χ3n) is 7.85. The number of carbonyl (C=O) groups is 2. The molecular weight excluding hydrogens is 560 g/mol. The van der Waals surface area contributed by atoms with Gasteiger partial charge in [-0.25, -0.2) is 9.80 Å². The minimum atomic E-state index is -0.651. The summed E-state index contributed by atoms with van der Waals surface area (Å²) in [5.41, 5.74) is 4.62. The Hall–Kier alpha value is -5.05. The van der Waals surface area contributed by atoms with Gasteiger partial charge in [0.15, 0.2) is 6.61 Å². The van der Waals surface area contributed by atoms with Crippen LogP contribution in [0.4, 0.5) is 0 Å². The van der Waals surface area contributed by atoms with Gasteiger partial charge in [-0.3, -0.25) is 4.79 Å². The van der Waals surface area contributed by atoms with Gasteiger partial charge in [0.2, 0.25) is 0 Å². The van der Waals surface area contributed by atoms with Crippen molar-refractivity contribution in [3.05, 3.63) is 95.1 Å². The first kappa shape index (κ1) is 30.4. The highest BCUT2D eigenvalue weighted by atomic mass is 16.5. The van der Waals surface area contributed by atoms with Crippen LogP contribution in [0.15, 0.2) is 83.5 Å². The molecule has 228 valence electrons. The van der Waals surface area contributed by atoms with Crippen LogP contribution in [-0.4, -0.2) is 57.6 Å². The predicted octanol–water partition coefficient (Wildman–Crippen LogP) is 6.10. The van der Waals surface area contributed by atoms with Gasteiger partial charge >= 0.3 is 5.97 Å². The van der Waals surface area contributed by atoms with E-state index < -0.39 is 18.5 Å². The topological polar surface area (TPSA) is 95.9 Å². The lowest BCUT2D eigenvalue weighted by Crippen LogP contribution is -2.34. The molecule has 0 N–H and O–H groups in total. The molecule has 9 heteroatoms. The molecule has 0 radical (unpaired) electrons. The van der Waals surface area contributed by atoms with E-state index in [1.165, 1.54) is 18.2 Å². The summed E-state index contributed by atoms with van der Waals surface area (Å²) in [6.45, 7) is -0.448. The third kappa shape index (κ3) is 6.78. The number of hydrazone groups is 1. The van der Waals surface area contributed by atoms with Crippen molar-refractivity contribution >= 4 is 29.7 Å². The second-order valence-electron chi connectivity index (χ2n) is 10.4. The van der Waals surface area contributed by atoms with Crippen molar-refractivity contribution in [1.82, 2.24) is 5.01 Å². The van der Waals surface area contributed by atoms with Crippen molar-refractivity contribution < 1.29 is 33.3 Å². The standard InChI is InChI=1S/C35H36N2O7/c1-40-27-14-8-23(9-15-27)20-26-6-5-7-30-34(26)36-37(35(30)25-11-16-28(41-2)17-12-25)32(38)22-44-33(39)19-13-24-10-18-29(42-3)21-31(24)43-4/h8-21,30,35H,5-7,22H2,1-4H3/b19-13+,26-20-/t30-,35-/m1/s1. The fraction of sp³-hybridized carbons (Fsp3) is 0.286. The van der Waals surface area contributed by atoms with Crippen molar-refractivity contribution in [2.45, 2.75) is 25.3 Å². The van der Waals surface area contributed by atoms with E-state index in [2.05, 4.69) is 6.08 Å². The van der Waals surface area contributed by atoms with Crippen molar-refractivity contribution in [2.75, 3.05) is 35.0 Å². The quantitative estimate of drug-likeness (QED) is 0.206. The number of rotatable bonds is 10. The minimum absolute atomic E-state index is 0.00345. The molecule has 5 rings (SSSR count). The lowest BCUT2D eigenvalue weighted by atomic mass is 9.77. The summed E-state index contributed by atoms with van der Waals surface area (Å²) in [5, 5.41) is 6.36. The van der Waals surface area contributed by atoms with Crippen LogP contribution in [-0.2, 0) is 14.3 Å². The Kier molecular flexibility index (Phi) is 9.64.